The Morgan fingerprint density at radius 1 is 0.833 bits per heavy atom. The van der Waals surface area contributed by atoms with Crippen molar-refractivity contribution in [2.75, 3.05) is 12.4 Å². The number of rotatable bonds is 11. The van der Waals surface area contributed by atoms with E-state index in [1.165, 1.54) is 20.8 Å². The van der Waals surface area contributed by atoms with Gasteiger partial charge in [0, 0.05) is 6.42 Å². The Bertz CT molecular complexity index is 805. The second kappa shape index (κ2) is 13.3. The molecule has 0 fully saturated rings. The molecule has 1 atom stereocenters. The molecule has 216 valence electrons. The average Bonchev–Trinajstić information content (AvgIpc) is 2.70. The lowest BCUT2D eigenvalue weighted by Gasteiger charge is -2.35. The van der Waals surface area contributed by atoms with Crippen LogP contribution in [0.3, 0.4) is 0 Å². The van der Waals surface area contributed by atoms with E-state index in [4.69, 9.17) is 19.1 Å². The van der Waals surface area contributed by atoms with Crippen molar-refractivity contribution in [2.24, 2.45) is 10.8 Å². The molecule has 0 rings (SSSR count). The fourth-order valence-electron chi connectivity index (χ4n) is 2.03. The van der Waals surface area contributed by atoms with Gasteiger partial charge in [0.15, 0.2) is 0 Å². The molecular formula is C21H36F6O8S. The smallest absolute Gasteiger partial charge is 0.426 e. The standard InChI is InChI=1S/C13H20F6O3.C8H16O5S/c1-5-8(22-9(20)10(3,4)6-2)7-11(21,12(14,15)16)13(17,18)19;1-4-8(2,3)7(9)13-5-6-14(10,11)12/h8,21H,5-7H2,1-4H3;4-6H2,1-3H3,(H,10,11,12). The zero-order valence-corrected chi connectivity index (χ0v) is 22.2. The molecule has 8 nitrogen and oxygen atoms in total. The van der Waals surface area contributed by atoms with Crippen molar-refractivity contribution in [2.45, 2.75) is 98.2 Å². The summed E-state index contributed by atoms with van der Waals surface area (Å²) in [6.45, 7) is 10.8. The third-order valence-electron chi connectivity index (χ3n) is 5.64. The molecule has 0 heterocycles. The number of alkyl halides is 6. The van der Waals surface area contributed by atoms with Gasteiger partial charge in [0.25, 0.3) is 15.7 Å². The lowest BCUT2D eigenvalue weighted by atomic mass is 9.89. The van der Waals surface area contributed by atoms with E-state index in [2.05, 4.69) is 0 Å². The maximum absolute atomic E-state index is 12.6. The van der Waals surface area contributed by atoms with Crippen LogP contribution in [-0.2, 0) is 29.2 Å². The molecule has 15 heteroatoms. The topological polar surface area (TPSA) is 127 Å². The van der Waals surface area contributed by atoms with Gasteiger partial charge < -0.3 is 14.6 Å². The Hall–Kier alpha value is -1.61. The van der Waals surface area contributed by atoms with Crippen LogP contribution in [0.15, 0.2) is 0 Å². The van der Waals surface area contributed by atoms with Crippen LogP contribution in [0.2, 0.25) is 0 Å². The van der Waals surface area contributed by atoms with Gasteiger partial charge in [0.1, 0.15) is 18.5 Å². The minimum Gasteiger partial charge on any atom is -0.464 e. The zero-order chi connectivity index (χ0) is 29.4. The highest BCUT2D eigenvalue weighted by Crippen LogP contribution is 2.46. The predicted octanol–water partition coefficient (Wildman–Crippen LogP) is 4.84. The van der Waals surface area contributed by atoms with Crippen LogP contribution in [0.1, 0.15) is 74.1 Å². The van der Waals surface area contributed by atoms with Crippen molar-refractivity contribution in [3.8, 4) is 0 Å². The Balaban J connectivity index is 0. The minimum absolute atomic E-state index is 0.292. The van der Waals surface area contributed by atoms with E-state index < -0.39 is 69.1 Å². The summed E-state index contributed by atoms with van der Waals surface area (Å²) >= 11 is 0. The molecule has 0 radical (unpaired) electrons. The van der Waals surface area contributed by atoms with Crippen LogP contribution < -0.4 is 0 Å². The summed E-state index contributed by atoms with van der Waals surface area (Å²) in [4.78, 5) is 23.1. The fraction of sp³-hybridized carbons (Fsp3) is 0.905. The molecule has 2 N–H and O–H groups in total. The van der Waals surface area contributed by atoms with Crippen LogP contribution in [0, 0.1) is 10.8 Å². The number of esters is 2. The summed E-state index contributed by atoms with van der Waals surface area (Å²) in [5.74, 6) is -1.92. The first kappa shape index (κ1) is 36.5. The summed E-state index contributed by atoms with van der Waals surface area (Å²) in [6.07, 6.45) is -14.7. The normalized spacial score (nSPS) is 14.4. The lowest BCUT2D eigenvalue weighted by Crippen LogP contribution is -2.58. The van der Waals surface area contributed by atoms with Gasteiger partial charge >= 0.3 is 24.3 Å². The number of hydrogen-bond donors (Lipinski definition) is 2. The first-order chi connectivity index (χ1) is 15.8. The largest absolute Gasteiger partial charge is 0.464 e. The predicted molar refractivity (Wildman–Crippen MR) is 117 cm³/mol. The average molecular weight is 563 g/mol. The number of aliphatic hydroxyl groups is 1. The monoisotopic (exact) mass is 562 g/mol. The molecule has 1 unspecified atom stereocenters. The van der Waals surface area contributed by atoms with E-state index >= 15 is 0 Å². The van der Waals surface area contributed by atoms with Crippen molar-refractivity contribution >= 4 is 22.1 Å². The van der Waals surface area contributed by atoms with Gasteiger partial charge in [-0.25, -0.2) is 0 Å². The third kappa shape index (κ3) is 11.6. The molecular weight excluding hydrogens is 526 g/mol. The summed E-state index contributed by atoms with van der Waals surface area (Å²) in [7, 11) is -4.05. The molecule has 0 spiro atoms. The minimum atomic E-state index is -5.93. The number of hydrogen-bond acceptors (Lipinski definition) is 7. The van der Waals surface area contributed by atoms with E-state index in [9.17, 15) is 44.3 Å². The van der Waals surface area contributed by atoms with E-state index in [0.29, 0.717) is 12.8 Å². The summed E-state index contributed by atoms with van der Waals surface area (Å²) in [6, 6.07) is 0. The molecule has 0 amide bonds. The number of carbonyl (C=O) groups excluding carboxylic acids is 2. The molecule has 0 saturated heterocycles. The summed E-state index contributed by atoms with van der Waals surface area (Å²) in [5.41, 5.74) is -6.57. The van der Waals surface area contributed by atoms with Gasteiger partial charge in [-0.15, -0.1) is 0 Å². The van der Waals surface area contributed by atoms with Gasteiger partial charge in [-0.3, -0.25) is 14.1 Å². The molecule has 36 heavy (non-hydrogen) atoms. The van der Waals surface area contributed by atoms with Crippen LogP contribution in [-0.4, -0.2) is 66.4 Å². The Morgan fingerprint density at radius 3 is 1.53 bits per heavy atom. The number of ether oxygens (including phenoxy) is 2. The maximum atomic E-state index is 12.6. The van der Waals surface area contributed by atoms with Gasteiger partial charge in [-0.1, -0.05) is 20.8 Å². The highest BCUT2D eigenvalue weighted by Gasteiger charge is 2.70. The van der Waals surface area contributed by atoms with Crippen molar-refractivity contribution < 1.29 is 63.5 Å². The Morgan fingerprint density at radius 2 is 1.22 bits per heavy atom. The van der Waals surface area contributed by atoms with Crippen LogP contribution in [0.4, 0.5) is 26.3 Å². The SMILES string of the molecule is CCC(C)(C)C(=O)OCCS(=O)(=O)O.CCC(CC(O)(C(F)(F)F)C(F)(F)F)OC(=O)C(C)(C)CC. The van der Waals surface area contributed by atoms with Gasteiger partial charge in [0.05, 0.1) is 10.8 Å². The first-order valence-electron chi connectivity index (χ1n) is 11.0. The van der Waals surface area contributed by atoms with Crippen LogP contribution in [0.5, 0.6) is 0 Å². The second-order valence-corrected chi connectivity index (χ2v) is 11.0. The Kier molecular flexibility index (Phi) is 13.5. The van der Waals surface area contributed by atoms with Crippen molar-refractivity contribution in [1.82, 2.24) is 0 Å². The molecule has 0 aliphatic rings. The summed E-state index contributed by atoms with van der Waals surface area (Å²) < 4.78 is 114. The molecule has 0 aliphatic carbocycles. The first-order valence-corrected chi connectivity index (χ1v) is 12.6. The quantitative estimate of drug-likeness (QED) is 0.208. The van der Waals surface area contributed by atoms with Crippen molar-refractivity contribution in [3.63, 3.8) is 0 Å². The second-order valence-electron chi connectivity index (χ2n) is 9.39. The van der Waals surface area contributed by atoms with E-state index in [-0.39, 0.29) is 13.0 Å². The van der Waals surface area contributed by atoms with Crippen LogP contribution >= 0.6 is 0 Å². The molecule has 0 saturated carbocycles. The van der Waals surface area contributed by atoms with Crippen LogP contribution in [0.25, 0.3) is 0 Å². The zero-order valence-electron chi connectivity index (χ0n) is 21.3. The van der Waals surface area contributed by atoms with Crippen molar-refractivity contribution in [3.05, 3.63) is 0 Å². The molecule has 0 aromatic carbocycles. The molecule has 0 bridgehead atoms. The summed E-state index contributed by atoms with van der Waals surface area (Å²) in [5, 5.41) is 9.12. The maximum Gasteiger partial charge on any atom is 0.426 e. The molecule has 0 aromatic heterocycles. The van der Waals surface area contributed by atoms with Gasteiger partial charge in [0.2, 0.25) is 0 Å². The van der Waals surface area contributed by atoms with Gasteiger partial charge in [-0.2, -0.15) is 34.8 Å². The fourth-order valence-corrected chi connectivity index (χ4v) is 2.32. The highest BCUT2D eigenvalue weighted by atomic mass is 32.2. The lowest BCUT2D eigenvalue weighted by molar-refractivity contribution is -0.374. The van der Waals surface area contributed by atoms with Gasteiger partial charge in [-0.05, 0) is 47.0 Å². The Labute approximate surface area is 207 Å². The molecule has 0 aliphatic heterocycles. The van der Waals surface area contributed by atoms with E-state index in [0.717, 1.165) is 0 Å². The molecule has 0 aromatic rings. The number of carbonyl (C=O) groups is 2. The highest BCUT2D eigenvalue weighted by molar-refractivity contribution is 7.85. The van der Waals surface area contributed by atoms with E-state index in [1.54, 1.807) is 20.8 Å². The number of halogens is 6. The van der Waals surface area contributed by atoms with Crippen molar-refractivity contribution in [1.29, 1.82) is 0 Å². The third-order valence-corrected chi connectivity index (χ3v) is 6.32. The van der Waals surface area contributed by atoms with E-state index in [1.807, 2.05) is 6.92 Å².